The van der Waals surface area contributed by atoms with E-state index in [0.29, 0.717) is 18.2 Å². The number of sulfonamides is 1. The Bertz CT molecular complexity index is 571. The Labute approximate surface area is 124 Å². The summed E-state index contributed by atoms with van der Waals surface area (Å²) in [6.07, 6.45) is 2.93. The van der Waals surface area contributed by atoms with Gasteiger partial charge in [-0.25, -0.2) is 8.42 Å². The molecule has 1 aliphatic rings. The first-order valence-corrected chi connectivity index (χ1v) is 8.36. The molecule has 7 heteroatoms. The number of likely N-dealkylation sites (N-methyl/N-ethyl adjacent to an activating group) is 1. The van der Waals surface area contributed by atoms with Gasteiger partial charge in [0.25, 0.3) is 0 Å². The molecule has 1 aromatic carbocycles. The third-order valence-corrected chi connectivity index (χ3v) is 5.51. The molecule has 5 nitrogen and oxygen atoms in total. The number of hydrogen-bond donors (Lipinski definition) is 1. The van der Waals surface area contributed by atoms with Crippen molar-refractivity contribution >= 4 is 27.3 Å². The standard InChI is InChI=1S/C13H19ClN2O3S/c1-16(9-11-4-2-3-7-19-11)20(17,18)13-8-10(14)5-6-12(13)15/h5-6,8,11H,2-4,7,9,15H2,1H3. The van der Waals surface area contributed by atoms with Crippen molar-refractivity contribution in [2.75, 3.05) is 25.9 Å². The van der Waals surface area contributed by atoms with Crippen molar-refractivity contribution in [2.24, 2.45) is 0 Å². The second kappa shape index (κ2) is 6.30. The molecule has 112 valence electrons. The molecule has 2 rings (SSSR count). The topological polar surface area (TPSA) is 72.6 Å². The van der Waals surface area contributed by atoms with Crippen LogP contribution in [0.4, 0.5) is 5.69 Å². The number of nitrogen functional groups attached to an aromatic ring is 1. The van der Waals surface area contributed by atoms with E-state index in [-0.39, 0.29) is 16.7 Å². The summed E-state index contributed by atoms with van der Waals surface area (Å²) in [4.78, 5) is 0.0447. The first kappa shape index (κ1) is 15.6. The highest BCUT2D eigenvalue weighted by atomic mass is 35.5. The zero-order valence-corrected chi connectivity index (χ0v) is 13.0. The molecule has 0 saturated carbocycles. The predicted octanol–water partition coefficient (Wildman–Crippen LogP) is 2.11. The van der Waals surface area contributed by atoms with Crippen LogP contribution in [0.1, 0.15) is 19.3 Å². The first-order valence-electron chi connectivity index (χ1n) is 6.54. The highest BCUT2D eigenvalue weighted by Gasteiger charge is 2.27. The Morgan fingerprint density at radius 3 is 2.85 bits per heavy atom. The van der Waals surface area contributed by atoms with Crippen molar-refractivity contribution in [2.45, 2.75) is 30.3 Å². The molecular weight excluding hydrogens is 300 g/mol. The molecule has 0 radical (unpaired) electrons. The van der Waals surface area contributed by atoms with Gasteiger partial charge in [-0.3, -0.25) is 0 Å². The fourth-order valence-corrected chi connectivity index (χ4v) is 3.81. The molecule has 2 N–H and O–H groups in total. The molecule has 1 aliphatic heterocycles. The smallest absolute Gasteiger partial charge is 0.245 e. The van der Waals surface area contributed by atoms with Crippen molar-refractivity contribution < 1.29 is 13.2 Å². The minimum absolute atomic E-state index is 0.0447. The van der Waals surface area contributed by atoms with E-state index in [9.17, 15) is 8.42 Å². The Morgan fingerprint density at radius 2 is 2.20 bits per heavy atom. The van der Waals surface area contributed by atoms with Crippen LogP contribution < -0.4 is 5.73 Å². The quantitative estimate of drug-likeness (QED) is 0.863. The van der Waals surface area contributed by atoms with Crippen molar-refractivity contribution in [1.29, 1.82) is 0 Å². The molecule has 1 fully saturated rings. The first-order chi connectivity index (χ1) is 9.41. The van der Waals surface area contributed by atoms with Gasteiger partial charge in [-0.2, -0.15) is 4.31 Å². The van der Waals surface area contributed by atoms with Crippen LogP contribution in [0.2, 0.25) is 5.02 Å². The van der Waals surface area contributed by atoms with Crippen molar-refractivity contribution in [3.05, 3.63) is 23.2 Å². The SMILES string of the molecule is CN(CC1CCCCO1)S(=O)(=O)c1cc(Cl)ccc1N. The van der Waals surface area contributed by atoms with Gasteiger partial charge < -0.3 is 10.5 Å². The summed E-state index contributed by atoms with van der Waals surface area (Å²) in [5, 5.41) is 0.347. The number of benzene rings is 1. The average molecular weight is 319 g/mol. The van der Waals surface area contributed by atoms with E-state index in [1.54, 1.807) is 6.07 Å². The molecule has 0 spiro atoms. The van der Waals surface area contributed by atoms with Crippen LogP contribution in [0.15, 0.2) is 23.1 Å². The zero-order valence-electron chi connectivity index (χ0n) is 11.4. The zero-order chi connectivity index (χ0) is 14.8. The number of nitrogens with two attached hydrogens (primary N) is 1. The Hall–Kier alpha value is -0.820. The minimum Gasteiger partial charge on any atom is -0.398 e. The lowest BCUT2D eigenvalue weighted by Gasteiger charge is -2.27. The molecule has 0 aliphatic carbocycles. The van der Waals surface area contributed by atoms with Gasteiger partial charge in [-0.05, 0) is 37.5 Å². The van der Waals surface area contributed by atoms with Gasteiger partial charge in [-0.1, -0.05) is 11.6 Å². The summed E-state index contributed by atoms with van der Waals surface area (Å²) < 4.78 is 31.9. The summed E-state index contributed by atoms with van der Waals surface area (Å²) in [5.74, 6) is 0. The van der Waals surface area contributed by atoms with Gasteiger partial charge in [0.15, 0.2) is 0 Å². The lowest BCUT2D eigenvalue weighted by atomic mass is 10.1. The third-order valence-electron chi connectivity index (χ3n) is 3.40. The van der Waals surface area contributed by atoms with E-state index in [1.807, 2.05) is 0 Å². The van der Waals surface area contributed by atoms with Gasteiger partial charge in [0.05, 0.1) is 11.8 Å². The summed E-state index contributed by atoms with van der Waals surface area (Å²) in [7, 11) is -2.11. The van der Waals surface area contributed by atoms with E-state index in [4.69, 9.17) is 22.1 Å². The van der Waals surface area contributed by atoms with E-state index in [2.05, 4.69) is 0 Å². The number of nitrogens with zero attached hydrogens (tertiary/aromatic N) is 1. The molecular formula is C13H19ClN2O3S. The highest BCUT2D eigenvalue weighted by Crippen LogP contribution is 2.26. The number of ether oxygens (including phenoxy) is 1. The van der Waals surface area contributed by atoms with Crippen LogP contribution in [-0.4, -0.2) is 39.0 Å². The van der Waals surface area contributed by atoms with Gasteiger partial charge >= 0.3 is 0 Å². The second-order valence-electron chi connectivity index (χ2n) is 4.96. The summed E-state index contributed by atoms with van der Waals surface area (Å²) in [6.45, 7) is 1.02. The van der Waals surface area contributed by atoms with Crippen LogP contribution in [0.5, 0.6) is 0 Å². The Morgan fingerprint density at radius 1 is 1.45 bits per heavy atom. The largest absolute Gasteiger partial charge is 0.398 e. The summed E-state index contributed by atoms with van der Waals surface area (Å²) in [6, 6.07) is 4.45. The van der Waals surface area contributed by atoms with Crippen LogP contribution >= 0.6 is 11.6 Å². The molecule has 0 amide bonds. The molecule has 0 bridgehead atoms. The van der Waals surface area contributed by atoms with E-state index in [1.165, 1.54) is 23.5 Å². The number of rotatable bonds is 4. The monoisotopic (exact) mass is 318 g/mol. The maximum absolute atomic E-state index is 12.5. The molecule has 20 heavy (non-hydrogen) atoms. The van der Waals surface area contributed by atoms with Crippen LogP contribution in [0, 0.1) is 0 Å². The van der Waals surface area contributed by atoms with Crippen molar-refractivity contribution in [3.8, 4) is 0 Å². The number of anilines is 1. The summed E-state index contributed by atoms with van der Waals surface area (Å²) in [5.41, 5.74) is 5.95. The highest BCUT2D eigenvalue weighted by molar-refractivity contribution is 7.89. The van der Waals surface area contributed by atoms with Crippen LogP contribution in [0.25, 0.3) is 0 Å². The number of hydrogen-bond acceptors (Lipinski definition) is 4. The molecule has 1 aromatic rings. The van der Waals surface area contributed by atoms with Gasteiger partial charge in [-0.15, -0.1) is 0 Å². The van der Waals surface area contributed by atoms with Crippen molar-refractivity contribution in [3.63, 3.8) is 0 Å². The predicted molar refractivity (Wildman–Crippen MR) is 79.3 cm³/mol. The molecule has 1 unspecified atom stereocenters. The molecule has 1 atom stereocenters. The van der Waals surface area contributed by atoms with Crippen LogP contribution in [-0.2, 0) is 14.8 Å². The van der Waals surface area contributed by atoms with Gasteiger partial charge in [0.2, 0.25) is 10.0 Å². The van der Waals surface area contributed by atoms with Gasteiger partial charge in [0.1, 0.15) is 4.90 Å². The molecule has 0 aromatic heterocycles. The number of halogens is 1. The van der Waals surface area contributed by atoms with Gasteiger partial charge in [0, 0.05) is 25.2 Å². The Kier molecular flexibility index (Phi) is 4.90. The summed E-state index contributed by atoms with van der Waals surface area (Å²) >= 11 is 5.86. The normalized spacial score (nSPS) is 20.2. The van der Waals surface area contributed by atoms with Crippen molar-refractivity contribution in [1.82, 2.24) is 4.31 Å². The second-order valence-corrected chi connectivity index (χ2v) is 7.41. The molecule has 1 heterocycles. The Balaban J connectivity index is 2.18. The maximum atomic E-state index is 12.5. The van der Waals surface area contributed by atoms with E-state index in [0.717, 1.165) is 19.3 Å². The third kappa shape index (κ3) is 3.44. The minimum atomic E-state index is -3.65. The lowest BCUT2D eigenvalue weighted by Crippen LogP contribution is -2.37. The van der Waals surface area contributed by atoms with E-state index < -0.39 is 10.0 Å². The van der Waals surface area contributed by atoms with E-state index >= 15 is 0 Å². The lowest BCUT2D eigenvalue weighted by molar-refractivity contribution is 0.00859. The average Bonchev–Trinajstić information content (AvgIpc) is 2.42. The fraction of sp³-hybridized carbons (Fsp3) is 0.538. The van der Waals surface area contributed by atoms with Crippen LogP contribution in [0.3, 0.4) is 0 Å². The molecule has 1 saturated heterocycles. The maximum Gasteiger partial charge on any atom is 0.245 e. The fourth-order valence-electron chi connectivity index (χ4n) is 2.24.